The third-order valence-corrected chi connectivity index (χ3v) is 4.49. The van der Waals surface area contributed by atoms with Crippen LogP contribution in [0.5, 0.6) is 5.75 Å². The van der Waals surface area contributed by atoms with Crippen molar-refractivity contribution >= 4 is 11.9 Å². The van der Waals surface area contributed by atoms with Crippen LogP contribution in [0.4, 0.5) is 4.39 Å². The molecule has 1 fully saturated rings. The Morgan fingerprint density at radius 3 is 2.56 bits per heavy atom. The second-order valence-electron chi connectivity index (χ2n) is 6.09. The van der Waals surface area contributed by atoms with E-state index in [4.69, 9.17) is 0 Å². The van der Waals surface area contributed by atoms with E-state index in [1.54, 1.807) is 24.5 Å². The number of hydrogen-bond donors (Lipinski definition) is 2. The summed E-state index contributed by atoms with van der Waals surface area (Å²) in [6.45, 7) is 0.405. The number of aliphatic carboxylic acids is 1. The van der Waals surface area contributed by atoms with Gasteiger partial charge < -0.3 is 15.1 Å². The molecule has 25 heavy (non-hydrogen) atoms. The Bertz CT molecular complexity index is 797. The zero-order valence-electron chi connectivity index (χ0n) is 13.3. The number of pyridine rings is 1. The lowest BCUT2D eigenvalue weighted by molar-refractivity contribution is -0.141. The van der Waals surface area contributed by atoms with Crippen LogP contribution in [0.15, 0.2) is 42.7 Å². The van der Waals surface area contributed by atoms with Gasteiger partial charge in [0.2, 0.25) is 5.91 Å². The summed E-state index contributed by atoms with van der Waals surface area (Å²) in [7, 11) is 0. The minimum Gasteiger partial charge on any atom is -0.505 e. The molecule has 1 aliphatic rings. The number of aromatic hydroxyl groups is 1. The Morgan fingerprint density at radius 2 is 1.92 bits per heavy atom. The van der Waals surface area contributed by atoms with Gasteiger partial charge >= 0.3 is 5.97 Å². The number of phenols is 1. The minimum absolute atomic E-state index is 0.0490. The molecule has 2 heterocycles. The first-order valence-electron chi connectivity index (χ1n) is 7.83. The summed E-state index contributed by atoms with van der Waals surface area (Å²) in [6.07, 6.45) is 3.14. The van der Waals surface area contributed by atoms with Crippen molar-refractivity contribution in [2.75, 3.05) is 13.1 Å². The van der Waals surface area contributed by atoms with Crippen LogP contribution in [0.2, 0.25) is 0 Å². The van der Waals surface area contributed by atoms with E-state index in [0.29, 0.717) is 12.1 Å². The van der Waals surface area contributed by atoms with Gasteiger partial charge in [-0.25, -0.2) is 4.39 Å². The Labute approximate surface area is 143 Å². The lowest BCUT2D eigenvalue weighted by atomic mass is 9.90. The molecule has 2 atom stereocenters. The molecule has 3 rings (SSSR count). The van der Waals surface area contributed by atoms with E-state index in [1.807, 2.05) is 0 Å². The van der Waals surface area contributed by atoms with Gasteiger partial charge in [-0.2, -0.15) is 0 Å². The molecule has 1 aromatic carbocycles. The number of nitrogens with zero attached hydrogens (tertiary/aromatic N) is 2. The Kier molecular flexibility index (Phi) is 4.65. The predicted molar refractivity (Wildman–Crippen MR) is 86.5 cm³/mol. The second-order valence-corrected chi connectivity index (χ2v) is 6.09. The second kappa shape index (κ2) is 6.88. The fourth-order valence-electron chi connectivity index (χ4n) is 3.15. The largest absolute Gasteiger partial charge is 0.505 e. The molecule has 1 aliphatic heterocycles. The van der Waals surface area contributed by atoms with Gasteiger partial charge in [0.25, 0.3) is 0 Å². The number of aromatic nitrogens is 1. The van der Waals surface area contributed by atoms with Crippen LogP contribution in [0.3, 0.4) is 0 Å². The van der Waals surface area contributed by atoms with Crippen molar-refractivity contribution in [1.29, 1.82) is 0 Å². The average molecular weight is 344 g/mol. The van der Waals surface area contributed by atoms with Crippen LogP contribution in [0.1, 0.15) is 17.0 Å². The van der Waals surface area contributed by atoms with Gasteiger partial charge in [-0.15, -0.1) is 0 Å². The van der Waals surface area contributed by atoms with Crippen molar-refractivity contribution < 1.29 is 24.2 Å². The molecule has 0 spiro atoms. The first-order valence-corrected chi connectivity index (χ1v) is 7.83. The highest BCUT2D eigenvalue weighted by molar-refractivity contribution is 5.81. The lowest BCUT2D eigenvalue weighted by Gasteiger charge is -2.16. The molecule has 0 saturated carbocycles. The quantitative estimate of drug-likeness (QED) is 0.882. The molecule has 130 valence electrons. The number of halogens is 1. The maximum atomic E-state index is 13.4. The highest BCUT2D eigenvalue weighted by Gasteiger charge is 2.40. The highest BCUT2D eigenvalue weighted by atomic mass is 19.1. The van der Waals surface area contributed by atoms with E-state index < -0.39 is 23.5 Å². The predicted octanol–water partition coefficient (Wildman–Crippen LogP) is 1.80. The monoisotopic (exact) mass is 344 g/mol. The molecule has 0 radical (unpaired) electrons. The number of hydrogen-bond acceptors (Lipinski definition) is 4. The zero-order chi connectivity index (χ0) is 18.0. The van der Waals surface area contributed by atoms with Gasteiger partial charge in [0.1, 0.15) is 0 Å². The standard InChI is InChI=1S/C18H17FN2O4/c19-15-7-11(1-2-16(15)22)8-17(23)21-9-13(14(10-21)18(24)25)12-3-5-20-6-4-12/h1-7,13-14,22H,8-10H2,(H,24,25)/t13-,14+/m0/s1. The third-order valence-electron chi connectivity index (χ3n) is 4.49. The van der Waals surface area contributed by atoms with Gasteiger partial charge in [0, 0.05) is 31.4 Å². The van der Waals surface area contributed by atoms with Crippen LogP contribution in [-0.2, 0) is 16.0 Å². The number of carbonyl (C=O) groups excluding carboxylic acids is 1. The summed E-state index contributed by atoms with van der Waals surface area (Å²) < 4.78 is 13.4. The highest BCUT2D eigenvalue weighted by Crippen LogP contribution is 2.33. The summed E-state index contributed by atoms with van der Waals surface area (Å²) in [5, 5.41) is 18.7. The molecule has 0 bridgehead atoms. The molecular weight excluding hydrogens is 327 g/mol. The third kappa shape index (κ3) is 3.60. The molecule has 0 unspecified atom stereocenters. The summed E-state index contributed by atoms with van der Waals surface area (Å²) in [4.78, 5) is 29.5. The number of carbonyl (C=O) groups is 2. The molecule has 6 nitrogen and oxygen atoms in total. The van der Waals surface area contributed by atoms with Crippen LogP contribution >= 0.6 is 0 Å². The summed E-state index contributed by atoms with van der Waals surface area (Å²) in [6, 6.07) is 7.29. The topological polar surface area (TPSA) is 90.7 Å². The summed E-state index contributed by atoms with van der Waals surface area (Å²) in [5.74, 6) is -3.48. The van der Waals surface area contributed by atoms with Crippen LogP contribution in [-0.4, -0.2) is 45.1 Å². The van der Waals surface area contributed by atoms with Crippen molar-refractivity contribution in [2.45, 2.75) is 12.3 Å². The van der Waals surface area contributed by atoms with Crippen LogP contribution in [0, 0.1) is 11.7 Å². The number of phenolic OH excluding ortho intramolecular Hbond substituents is 1. The molecule has 1 aromatic heterocycles. The molecule has 0 aliphatic carbocycles. The fraction of sp³-hybridized carbons (Fsp3) is 0.278. The Balaban J connectivity index is 1.75. The lowest BCUT2D eigenvalue weighted by Crippen LogP contribution is -2.31. The van der Waals surface area contributed by atoms with Crippen LogP contribution < -0.4 is 0 Å². The SMILES string of the molecule is O=C(O)[C@@H]1CN(C(=O)Cc2ccc(O)c(F)c2)C[C@H]1c1ccncc1. The number of carboxylic acids is 1. The number of carboxylic acid groups (broad SMARTS) is 1. The van der Waals surface area contributed by atoms with Gasteiger partial charge in [0.05, 0.1) is 12.3 Å². The van der Waals surface area contributed by atoms with Gasteiger partial charge in [0.15, 0.2) is 11.6 Å². The molecular formula is C18H17FN2O4. The number of likely N-dealkylation sites (tertiary alicyclic amines) is 1. The smallest absolute Gasteiger partial charge is 0.308 e. The Morgan fingerprint density at radius 1 is 1.20 bits per heavy atom. The first kappa shape index (κ1) is 16.9. The number of rotatable bonds is 4. The average Bonchev–Trinajstić information content (AvgIpc) is 3.05. The van der Waals surface area contributed by atoms with Gasteiger partial charge in [-0.05, 0) is 35.4 Å². The van der Waals surface area contributed by atoms with Gasteiger partial charge in [-0.1, -0.05) is 6.07 Å². The number of benzene rings is 1. The minimum atomic E-state index is -0.951. The van der Waals surface area contributed by atoms with Crippen molar-refractivity contribution in [1.82, 2.24) is 9.88 Å². The molecule has 2 aromatic rings. The van der Waals surface area contributed by atoms with Crippen molar-refractivity contribution in [3.05, 3.63) is 59.7 Å². The molecule has 1 saturated heterocycles. The summed E-state index contributed by atoms with van der Waals surface area (Å²) >= 11 is 0. The van der Waals surface area contributed by atoms with Crippen molar-refractivity contribution in [2.24, 2.45) is 5.92 Å². The van der Waals surface area contributed by atoms with E-state index in [1.165, 1.54) is 17.0 Å². The Hall–Kier alpha value is -2.96. The normalized spacial score (nSPS) is 19.8. The molecule has 1 amide bonds. The first-order chi connectivity index (χ1) is 12.0. The maximum Gasteiger partial charge on any atom is 0.308 e. The van der Waals surface area contributed by atoms with E-state index in [-0.39, 0.29) is 24.8 Å². The zero-order valence-corrected chi connectivity index (χ0v) is 13.3. The van der Waals surface area contributed by atoms with Crippen LogP contribution in [0.25, 0.3) is 0 Å². The van der Waals surface area contributed by atoms with Gasteiger partial charge in [-0.3, -0.25) is 14.6 Å². The van der Waals surface area contributed by atoms with E-state index in [9.17, 15) is 24.2 Å². The maximum absolute atomic E-state index is 13.4. The molecule has 7 heteroatoms. The van der Waals surface area contributed by atoms with E-state index >= 15 is 0 Å². The molecule has 2 N–H and O–H groups in total. The summed E-state index contributed by atoms with van der Waals surface area (Å²) in [5.41, 5.74) is 1.26. The van der Waals surface area contributed by atoms with Crippen molar-refractivity contribution in [3.8, 4) is 5.75 Å². The fourth-order valence-corrected chi connectivity index (χ4v) is 3.15. The van der Waals surface area contributed by atoms with Crippen molar-refractivity contribution in [3.63, 3.8) is 0 Å². The van der Waals surface area contributed by atoms with E-state index in [2.05, 4.69) is 4.98 Å². The van der Waals surface area contributed by atoms with E-state index in [0.717, 1.165) is 11.6 Å². The number of amides is 1.